The number of amides is 2. The highest BCUT2D eigenvalue weighted by atomic mass is 32.2. The molecule has 0 saturated heterocycles. The van der Waals surface area contributed by atoms with E-state index in [1.165, 1.54) is 48.5 Å². The number of hydrogen-bond donors (Lipinski definition) is 5. The molecule has 2 aromatic heterocycles. The van der Waals surface area contributed by atoms with Crippen LogP contribution in [0, 0.1) is 0 Å². The predicted octanol–water partition coefficient (Wildman–Crippen LogP) is 1.45. The Balaban J connectivity index is 1.43. The molecular weight excluding hydrogens is 482 g/mol. The highest BCUT2D eigenvalue weighted by Crippen LogP contribution is 2.21. The molecule has 2 aromatic carbocycles. The molecule has 0 radical (unpaired) electrons. The zero-order chi connectivity index (χ0) is 24.3. The second-order valence-electron chi connectivity index (χ2n) is 6.99. The van der Waals surface area contributed by atoms with Crippen LogP contribution >= 0.6 is 11.3 Å². The molecular formula is C21H17N5O6S2. The molecule has 0 aliphatic heterocycles. The summed E-state index contributed by atoms with van der Waals surface area (Å²) in [5, 5.41) is 11.1. The van der Waals surface area contributed by atoms with Crippen LogP contribution in [0.2, 0.25) is 0 Å². The molecule has 0 spiro atoms. The molecule has 0 saturated carbocycles. The molecule has 0 aliphatic rings. The van der Waals surface area contributed by atoms with Crippen molar-refractivity contribution in [3.8, 4) is 0 Å². The number of rotatable bonds is 7. The van der Waals surface area contributed by atoms with Gasteiger partial charge in [0.1, 0.15) is 4.21 Å². The standard InChI is InChI=1S/C21H17N5O6S2/c27-16(23-15-7-2-6-14-18(15)21(30)25-24-20(14)29)11-22-19(28)12-4-1-5-13(10-12)26-34(31,32)17-8-3-9-33-17/h1-10,26H,11H2,(H,22,28)(H,23,27)(H,24,29)(H,25,30). The maximum Gasteiger partial charge on any atom is 0.272 e. The Kier molecular flexibility index (Phi) is 6.30. The lowest BCUT2D eigenvalue weighted by Crippen LogP contribution is -2.33. The first-order valence-electron chi connectivity index (χ1n) is 9.73. The zero-order valence-corrected chi connectivity index (χ0v) is 18.9. The molecule has 13 heteroatoms. The SMILES string of the molecule is O=C(CNC(=O)c1cccc(NS(=O)(=O)c2cccs2)c1)Nc1cccc2c(=O)[nH][nH]c(=O)c12. The third-order valence-corrected chi connectivity index (χ3v) is 7.42. The number of anilines is 2. The van der Waals surface area contributed by atoms with Crippen LogP contribution in [-0.4, -0.2) is 37.0 Å². The normalized spacial score (nSPS) is 11.2. The van der Waals surface area contributed by atoms with Gasteiger partial charge >= 0.3 is 0 Å². The number of aromatic amines is 2. The van der Waals surface area contributed by atoms with Crippen molar-refractivity contribution < 1.29 is 18.0 Å². The third kappa shape index (κ3) is 4.89. The van der Waals surface area contributed by atoms with Crippen LogP contribution in [0.4, 0.5) is 11.4 Å². The second-order valence-corrected chi connectivity index (χ2v) is 9.84. The average molecular weight is 500 g/mol. The molecule has 0 bridgehead atoms. The van der Waals surface area contributed by atoms with Crippen LogP contribution in [0.3, 0.4) is 0 Å². The number of carbonyl (C=O) groups is 2. The van der Waals surface area contributed by atoms with Gasteiger partial charge < -0.3 is 10.6 Å². The molecule has 0 aliphatic carbocycles. The van der Waals surface area contributed by atoms with E-state index in [9.17, 15) is 27.6 Å². The Bertz CT molecular complexity index is 1610. The van der Waals surface area contributed by atoms with Crippen molar-refractivity contribution in [1.82, 2.24) is 15.5 Å². The molecule has 4 aromatic rings. The van der Waals surface area contributed by atoms with Crippen molar-refractivity contribution >= 4 is 55.3 Å². The van der Waals surface area contributed by atoms with Crippen molar-refractivity contribution in [2.24, 2.45) is 0 Å². The zero-order valence-electron chi connectivity index (χ0n) is 17.2. The number of hydrogen-bond acceptors (Lipinski definition) is 7. The van der Waals surface area contributed by atoms with Crippen molar-refractivity contribution in [1.29, 1.82) is 0 Å². The Labute approximate surface area is 195 Å². The minimum atomic E-state index is -3.78. The van der Waals surface area contributed by atoms with Gasteiger partial charge in [0, 0.05) is 11.3 Å². The number of sulfonamides is 1. The van der Waals surface area contributed by atoms with E-state index in [0.29, 0.717) is 0 Å². The molecule has 4 rings (SSSR count). The first-order chi connectivity index (χ1) is 16.2. The van der Waals surface area contributed by atoms with E-state index in [2.05, 4.69) is 25.6 Å². The van der Waals surface area contributed by atoms with E-state index in [1.54, 1.807) is 11.4 Å². The lowest BCUT2D eigenvalue weighted by Gasteiger charge is -2.10. The summed E-state index contributed by atoms with van der Waals surface area (Å²) in [7, 11) is -3.78. The lowest BCUT2D eigenvalue weighted by molar-refractivity contribution is -0.115. The summed E-state index contributed by atoms with van der Waals surface area (Å²) in [6, 6.07) is 13.3. The lowest BCUT2D eigenvalue weighted by atomic mass is 10.1. The van der Waals surface area contributed by atoms with E-state index in [-0.39, 0.29) is 31.9 Å². The van der Waals surface area contributed by atoms with E-state index in [0.717, 1.165) is 11.3 Å². The number of thiophene rings is 1. The van der Waals surface area contributed by atoms with Gasteiger partial charge in [-0.05, 0) is 41.8 Å². The van der Waals surface area contributed by atoms with Crippen molar-refractivity contribution in [2.45, 2.75) is 4.21 Å². The monoisotopic (exact) mass is 499 g/mol. The molecule has 0 fully saturated rings. The molecule has 0 atom stereocenters. The average Bonchev–Trinajstić information content (AvgIpc) is 3.36. The van der Waals surface area contributed by atoms with Gasteiger partial charge in [0.05, 0.1) is 23.0 Å². The third-order valence-electron chi connectivity index (χ3n) is 4.65. The highest BCUT2D eigenvalue weighted by molar-refractivity contribution is 7.94. The Morgan fingerprint density at radius 2 is 1.71 bits per heavy atom. The van der Waals surface area contributed by atoms with Crippen molar-refractivity contribution in [3.63, 3.8) is 0 Å². The van der Waals surface area contributed by atoms with Gasteiger partial charge in [-0.3, -0.25) is 34.1 Å². The van der Waals surface area contributed by atoms with E-state index < -0.39 is 39.5 Å². The van der Waals surface area contributed by atoms with Gasteiger partial charge in [0.2, 0.25) is 5.91 Å². The van der Waals surface area contributed by atoms with Crippen molar-refractivity contribution in [3.05, 3.63) is 86.2 Å². The van der Waals surface area contributed by atoms with E-state index >= 15 is 0 Å². The maximum absolute atomic E-state index is 12.5. The highest BCUT2D eigenvalue weighted by Gasteiger charge is 2.17. The minimum absolute atomic E-state index is 0.0108. The van der Waals surface area contributed by atoms with Crippen LogP contribution in [0.1, 0.15) is 10.4 Å². The molecule has 174 valence electrons. The number of aromatic nitrogens is 2. The van der Waals surface area contributed by atoms with Gasteiger partial charge in [0.15, 0.2) is 0 Å². The van der Waals surface area contributed by atoms with Gasteiger partial charge in [-0.1, -0.05) is 18.2 Å². The van der Waals surface area contributed by atoms with Crippen LogP contribution in [-0.2, 0) is 14.8 Å². The quantitative estimate of drug-likeness (QED) is 0.258. The molecule has 0 unspecified atom stereocenters. The molecule has 2 heterocycles. The van der Waals surface area contributed by atoms with Crippen LogP contribution in [0.25, 0.3) is 10.8 Å². The fourth-order valence-corrected chi connectivity index (χ4v) is 5.18. The second kappa shape index (κ2) is 9.33. The summed E-state index contributed by atoms with van der Waals surface area (Å²) in [5.41, 5.74) is -0.669. The predicted molar refractivity (Wildman–Crippen MR) is 128 cm³/mol. The fourth-order valence-electron chi connectivity index (χ4n) is 3.14. The Morgan fingerprint density at radius 1 is 0.941 bits per heavy atom. The summed E-state index contributed by atoms with van der Waals surface area (Å²) in [6.07, 6.45) is 0. The summed E-state index contributed by atoms with van der Waals surface area (Å²) >= 11 is 1.06. The van der Waals surface area contributed by atoms with Crippen LogP contribution in [0.5, 0.6) is 0 Å². The molecule has 11 nitrogen and oxygen atoms in total. The van der Waals surface area contributed by atoms with Gasteiger partial charge in [0.25, 0.3) is 27.0 Å². The Hall–Kier alpha value is -4.23. The van der Waals surface area contributed by atoms with Crippen molar-refractivity contribution in [2.75, 3.05) is 16.6 Å². The van der Waals surface area contributed by atoms with Gasteiger partial charge in [-0.2, -0.15) is 0 Å². The molecule has 34 heavy (non-hydrogen) atoms. The fraction of sp³-hybridized carbons (Fsp3) is 0.0476. The first-order valence-corrected chi connectivity index (χ1v) is 12.1. The van der Waals surface area contributed by atoms with Crippen LogP contribution in [0.15, 0.2) is 73.8 Å². The smallest absolute Gasteiger partial charge is 0.272 e. The summed E-state index contributed by atoms with van der Waals surface area (Å²) in [4.78, 5) is 48.8. The van der Waals surface area contributed by atoms with Gasteiger partial charge in [-0.15, -0.1) is 11.3 Å². The first kappa shape index (κ1) is 22.9. The molecule has 5 N–H and O–H groups in total. The number of nitrogens with one attached hydrogen (secondary N) is 5. The number of H-pyrrole nitrogens is 2. The number of benzene rings is 2. The molecule has 2 amide bonds. The topological polar surface area (TPSA) is 170 Å². The van der Waals surface area contributed by atoms with E-state index in [4.69, 9.17) is 0 Å². The summed E-state index contributed by atoms with van der Waals surface area (Å²) in [6.45, 7) is -0.429. The summed E-state index contributed by atoms with van der Waals surface area (Å²) < 4.78 is 27.3. The number of carbonyl (C=O) groups excluding carboxylic acids is 2. The van der Waals surface area contributed by atoms with Crippen LogP contribution < -0.4 is 26.5 Å². The minimum Gasteiger partial charge on any atom is -0.343 e. The largest absolute Gasteiger partial charge is 0.343 e. The Morgan fingerprint density at radius 3 is 2.47 bits per heavy atom. The maximum atomic E-state index is 12.5. The van der Waals surface area contributed by atoms with E-state index in [1.807, 2.05) is 0 Å². The summed E-state index contributed by atoms with van der Waals surface area (Å²) in [5.74, 6) is -1.24. The number of fused-ring (bicyclic) bond motifs is 1. The van der Waals surface area contributed by atoms with Gasteiger partial charge in [-0.25, -0.2) is 8.42 Å².